The van der Waals surface area contributed by atoms with Crippen LogP contribution in [0.4, 0.5) is 14.6 Å². The van der Waals surface area contributed by atoms with Gasteiger partial charge in [0.05, 0.1) is 0 Å². The molecule has 29 heavy (non-hydrogen) atoms. The molecular formula is C20H22F2N4O3. The molecule has 2 amide bonds. The van der Waals surface area contributed by atoms with E-state index in [0.717, 1.165) is 24.0 Å². The van der Waals surface area contributed by atoms with Gasteiger partial charge < -0.3 is 15.4 Å². The van der Waals surface area contributed by atoms with Crippen molar-refractivity contribution in [1.82, 2.24) is 15.3 Å². The van der Waals surface area contributed by atoms with Crippen molar-refractivity contribution in [1.29, 1.82) is 0 Å². The van der Waals surface area contributed by atoms with E-state index in [2.05, 4.69) is 20.6 Å². The summed E-state index contributed by atoms with van der Waals surface area (Å²) in [4.78, 5) is 32.0. The molecular weight excluding hydrogens is 382 g/mol. The summed E-state index contributed by atoms with van der Waals surface area (Å²) in [5.41, 5.74) is 2.51. The quantitative estimate of drug-likeness (QED) is 0.705. The third-order valence-corrected chi connectivity index (χ3v) is 4.27. The molecule has 1 saturated carbocycles. The number of nitrogens with one attached hydrogen (secondary N) is 2. The van der Waals surface area contributed by atoms with Crippen LogP contribution in [-0.2, 0) is 11.3 Å². The third-order valence-electron chi connectivity index (χ3n) is 4.27. The van der Waals surface area contributed by atoms with Crippen molar-refractivity contribution in [3.63, 3.8) is 0 Å². The topological polar surface area (TPSA) is 93.2 Å². The van der Waals surface area contributed by atoms with Crippen LogP contribution in [0.25, 0.3) is 0 Å². The van der Waals surface area contributed by atoms with E-state index in [1.54, 1.807) is 13.0 Å². The van der Waals surface area contributed by atoms with Crippen molar-refractivity contribution < 1.29 is 23.1 Å². The van der Waals surface area contributed by atoms with Gasteiger partial charge in [0.2, 0.25) is 11.8 Å². The van der Waals surface area contributed by atoms with Crippen LogP contribution in [0.15, 0.2) is 24.4 Å². The normalized spacial score (nSPS) is 13.3. The Morgan fingerprint density at radius 1 is 1.28 bits per heavy atom. The van der Waals surface area contributed by atoms with E-state index in [1.165, 1.54) is 19.2 Å². The first-order valence-corrected chi connectivity index (χ1v) is 9.26. The van der Waals surface area contributed by atoms with E-state index in [0.29, 0.717) is 17.1 Å². The van der Waals surface area contributed by atoms with E-state index >= 15 is 0 Å². The van der Waals surface area contributed by atoms with E-state index in [9.17, 15) is 18.4 Å². The average Bonchev–Trinajstić information content (AvgIpc) is 3.48. The molecule has 9 heteroatoms. The number of aromatic nitrogens is 2. The zero-order valence-electron chi connectivity index (χ0n) is 16.2. The number of aryl methyl sites for hydroxylation is 1. The number of halogens is 2. The second-order valence-corrected chi connectivity index (χ2v) is 6.96. The van der Waals surface area contributed by atoms with Gasteiger partial charge in [-0.25, -0.2) is 18.7 Å². The number of carbonyl (C=O) groups excluding carboxylic acids is 2. The number of amides is 2. The summed E-state index contributed by atoms with van der Waals surface area (Å²) >= 11 is 0. The zero-order valence-corrected chi connectivity index (χ0v) is 16.2. The van der Waals surface area contributed by atoms with Crippen molar-refractivity contribution in [2.45, 2.75) is 45.6 Å². The molecule has 0 bridgehead atoms. The van der Waals surface area contributed by atoms with Crippen LogP contribution in [0.5, 0.6) is 5.88 Å². The minimum atomic E-state index is -2.56. The maximum absolute atomic E-state index is 12.5. The van der Waals surface area contributed by atoms with Crippen LogP contribution in [0.2, 0.25) is 0 Å². The highest BCUT2D eigenvalue weighted by molar-refractivity contribution is 5.96. The molecule has 0 spiro atoms. The fraction of sp³-hybridized carbons (Fsp3) is 0.400. The number of alkyl halides is 2. The summed E-state index contributed by atoms with van der Waals surface area (Å²) in [7, 11) is 0. The Kier molecular flexibility index (Phi) is 6.36. The summed E-state index contributed by atoms with van der Waals surface area (Å²) in [6, 6.07) is 4.96. The molecule has 0 aromatic carbocycles. The summed E-state index contributed by atoms with van der Waals surface area (Å²) in [6.07, 6.45) is 0.872. The predicted octanol–water partition coefficient (Wildman–Crippen LogP) is 3.19. The van der Waals surface area contributed by atoms with E-state index in [1.807, 2.05) is 6.07 Å². The number of rotatable bonds is 8. The van der Waals surface area contributed by atoms with Crippen molar-refractivity contribution in [2.24, 2.45) is 0 Å². The van der Waals surface area contributed by atoms with Crippen molar-refractivity contribution in [2.75, 3.05) is 11.9 Å². The lowest BCUT2D eigenvalue weighted by atomic mass is 10.1. The standard InChI is InChI=1S/C20H22F2N4O3/c1-11-5-15(7-18(25-11)26-12(2)27)19(28)23-8-13-6-16(14-3-4-14)20(24-9-13)29-10-17(21)22/h5-7,9,14,17H,3-4,8,10H2,1-2H3,(H,23,28)(H,25,26,27). The van der Waals surface area contributed by atoms with Crippen molar-refractivity contribution in [3.8, 4) is 5.88 Å². The van der Waals surface area contributed by atoms with Gasteiger partial charge in [-0.3, -0.25) is 9.59 Å². The second-order valence-electron chi connectivity index (χ2n) is 6.96. The minimum Gasteiger partial charge on any atom is -0.471 e. The number of pyridine rings is 2. The van der Waals surface area contributed by atoms with Crippen LogP contribution in [0.3, 0.4) is 0 Å². The highest BCUT2D eigenvalue weighted by Gasteiger charge is 2.28. The van der Waals surface area contributed by atoms with Crippen molar-refractivity contribution in [3.05, 3.63) is 46.8 Å². The predicted molar refractivity (Wildman–Crippen MR) is 102 cm³/mol. The molecule has 2 heterocycles. The first-order valence-electron chi connectivity index (χ1n) is 9.26. The lowest BCUT2D eigenvalue weighted by Gasteiger charge is -2.12. The van der Waals surface area contributed by atoms with Gasteiger partial charge in [-0.1, -0.05) is 0 Å². The zero-order chi connectivity index (χ0) is 21.0. The van der Waals surface area contributed by atoms with Crippen LogP contribution < -0.4 is 15.4 Å². The Hall–Kier alpha value is -3.10. The van der Waals surface area contributed by atoms with Crippen LogP contribution >= 0.6 is 0 Å². The molecule has 3 rings (SSSR count). The Morgan fingerprint density at radius 2 is 2.03 bits per heavy atom. The Labute approximate surface area is 166 Å². The Bertz CT molecular complexity index is 917. The molecule has 2 N–H and O–H groups in total. The number of ether oxygens (including phenoxy) is 1. The number of anilines is 1. The first-order chi connectivity index (χ1) is 13.8. The van der Waals surface area contributed by atoms with Gasteiger partial charge in [0, 0.05) is 36.5 Å². The Balaban J connectivity index is 1.68. The smallest absolute Gasteiger partial charge is 0.272 e. The number of carbonyl (C=O) groups is 2. The van der Waals surface area contributed by atoms with Gasteiger partial charge in [-0.05, 0) is 49.4 Å². The molecule has 1 fully saturated rings. The van der Waals surface area contributed by atoms with Crippen molar-refractivity contribution >= 4 is 17.6 Å². The molecule has 0 aliphatic heterocycles. The number of nitrogens with zero attached hydrogens (tertiary/aromatic N) is 2. The third kappa shape index (κ3) is 5.94. The molecule has 0 atom stereocenters. The summed E-state index contributed by atoms with van der Waals surface area (Å²) < 4.78 is 30.0. The monoisotopic (exact) mass is 404 g/mol. The molecule has 0 radical (unpaired) electrons. The summed E-state index contributed by atoms with van der Waals surface area (Å²) in [5, 5.41) is 5.36. The molecule has 0 saturated heterocycles. The van der Waals surface area contributed by atoms with E-state index in [-0.39, 0.29) is 30.2 Å². The lowest BCUT2D eigenvalue weighted by molar-refractivity contribution is -0.114. The van der Waals surface area contributed by atoms with Crippen LogP contribution in [0, 0.1) is 6.92 Å². The number of hydrogen-bond donors (Lipinski definition) is 2. The molecule has 2 aromatic rings. The van der Waals surface area contributed by atoms with Gasteiger partial charge >= 0.3 is 0 Å². The van der Waals surface area contributed by atoms with E-state index < -0.39 is 13.0 Å². The lowest BCUT2D eigenvalue weighted by Crippen LogP contribution is -2.23. The molecule has 0 unspecified atom stereocenters. The highest BCUT2D eigenvalue weighted by atomic mass is 19.3. The maximum Gasteiger partial charge on any atom is 0.272 e. The SMILES string of the molecule is CC(=O)Nc1cc(C(=O)NCc2cnc(OCC(F)F)c(C3CC3)c2)cc(C)n1. The van der Waals surface area contributed by atoms with Gasteiger partial charge in [0.25, 0.3) is 12.3 Å². The fourth-order valence-corrected chi connectivity index (χ4v) is 2.89. The first kappa shape index (κ1) is 20.6. The molecule has 154 valence electrons. The summed E-state index contributed by atoms with van der Waals surface area (Å²) in [5.74, 6) is 0.192. The maximum atomic E-state index is 12.5. The van der Waals surface area contributed by atoms with E-state index in [4.69, 9.17) is 4.74 Å². The molecule has 7 nitrogen and oxygen atoms in total. The average molecular weight is 404 g/mol. The Morgan fingerprint density at radius 3 is 2.69 bits per heavy atom. The van der Waals surface area contributed by atoms with Gasteiger partial charge in [0.1, 0.15) is 5.82 Å². The van der Waals surface area contributed by atoms with Crippen LogP contribution in [-0.4, -0.2) is 34.8 Å². The molecule has 1 aliphatic rings. The largest absolute Gasteiger partial charge is 0.471 e. The van der Waals surface area contributed by atoms with Gasteiger partial charge in [-0.15, -0.1) is 0 Å². The van der Waals surface area contributed by atoms with Gasteiger partial charge in [0.15, 0.2) is 6.61 Å². The molecule has 2 aromatic heterocycles. The van der Waals surface area contributed by atoms with Gasteiger partial charge in [-0.2, -0.15) is 0 Å². The number of hydrogen-bond acceptors (Lipinski definition) is 5. The fourth-order valence-electron chi connectivity index (χ4n) is 2.89. The molecule has 1 aliphatic carbocycles. The summed E-state index contributed by atoms with van der Waals surface area (Å²) in [6.45, 7) is 2.62. The minimum absolute atomic E-state index is 0.220. The van der Waals surface area contributed by atoms with Crippen LogP contribution in [0.1, 0.15) is 52.9 Å². The second kappa shape index (κ2) is 8.93. The highest BCUT2D eigenvalue weighted by Crippen LogP contribution is 2.43.